The van der Waals surface area contributed by atoms with E-state index < -0.39 is 12.2 Å². The van der Waals surface area contributed by atoms with Crippen molar-refractivity contribution < 1.29 is 24.2 Å². The minimum absolute atomic E-state index is 0.121. The molecular formula is C30H32N4O5. The van der Waals surface area contributed by atoms with E-state index in [0.717, 1.165) is 5.56 Å². The maximum atomic E-state index is 12.8. The molecule has 0 saturated heterocycles. The van der Waals surface area contributed by atoms with Crippen molar-refractivity contribution in [1.29, 1.82) is 5.26 Å². The summed E-state index contributed by atoms with van der Waals surface area (Å²) in [5, 5.41) is 23.5. The number of carbonyl (C=O) groups is 2. The molecule has 2 atom stereocenters. The van der Waals surface area contributed by atoms with Gasteiger partial charge in [0.05, 0.1) is 29.6 Å². The average molecular weight is 529 g/mol. The van der Waals surface area contributed by atoms with E-state index in [4.69, 9.17) is 25.6 Å². The van der Waals surface area contributed by atoms with E-state index in [9.17, 15) is 9.59 Å². The zero-order chi connectivity index (χ0) is 28.0. The third kappa shape index (κ3) is 9.22. The normalized spacial score (nSPS) is 12.2. The summed E-state index contributed by atoms with van der Waals surface area (Å²) in [4.78, 5) is 25.1. The third-order valence-electron chi connectivity index (χ3n) is 5.83. The fourth-order valence-electron chi connectivity index (χ4n) is 3.83. The van der Waals surface area contributed by atoms with Crippen LogP contribution in [0.25, 0.3) is 0 Å². The number of aliphatic hydroxyl groups is 1. The summed E-state index contributed by atoms with van der Waals surface area (Å²) < 4.78 is 11.4. The molecular weight excluding hydrogens is 496 g/mol. The number of aliphatic hydroxyl groups excluding tert-OH is 1. The zero-order valence-electron chi connectivity index (χ0n) is 21.7. The number of nitrogens with zero attached hydrogens (tertiary/aromatic N) is 1. The van der Waals surface area contributed by atoms with E-state index in [1.807, 2.05) is 19.1 Å². The van der Waals surface area contributed by atoms with Gasteiger partial charge in [0, 0.05) is 5.69 Å². The number of para-hydroxylation sites is 2. The molecule has 2 amide bonds. The molecule has 0 saturated carbocycles. The van der Waals surface area contributed by atoms with Crippen molar-refractivity contribution in [3.05, 3.63) is 96.1 Å². The number of nitriles is 1. The predicted octanol–water partition coefficient (Wildman–Crippen LogP) is 5.41. The van der Waals surface area contributed by atoms with Gasteiger partial charge in [-0.05, 0) is 78.9 Å². The van der Waals surface area contributed by atoms with E-state index >= 15 is 0 Å². The van der Waals surface area contributed by atoms with E-state index in [1.165, 1.54) is 6.08 Å². The highest BCUT2D eigenvalue weighted by Gasteiger charge is 2.24. The van der Waals surface area contributed by atoms with Crippen LogP contribution in [-0.2, 0) is 9.53 Å². The summed E-state index contributed by atoms with van der Waals surface area (Å²) in [5.74, 6) is 0.137. The molecule has 9 heteroatoms. The van der Waals surface area contributed by atoms with Crippen LogP contribution in [0.4, 0.5) is 21.9 Å². The van der Waals surface area contributed by atoms with Gasteiger partial charge in [0.1, 0.15) is 18.5 Å². The monoisotopic (exact) mass is 528 g/mol. The summed E-state index contributed by atoms with van der Waals surface area (Å²) in [6.07, 6.45) is 3.14. The molecule has 5 N–H and O–H groups in total. The van der Waals surface area contributed by atoms with Crippen LogP contribution in [0.15, 0.2) is 84.9 Å². The maximum absolute atomic E-state index is 12.8. The highest BCUT2D eigenvalue weighted by Crippen LogP contribution is 2.32. The fourth-order valence-corrected chi connectivity index (χ4v) is 3.83. The quantitative estimate of drug-likeness (QED) is 0.181. The minimum Gasteiger partial charge on any atom is -0.491 e. The van der Waals surface area contributed by atoms with Crippen LogP contribution in [0.3, 0.4) is 0 Å². The lowest BCUT2D eigenvalue weighted by Crippen LogP contribution is -2.22. The number of rotatable bonds is 12. The third-order valence-corrected chi connectivity index (χ3v) is 5.83. The SMILES string of the molecule is C[C@@H](CC/C=C/C(=O)Nc1ccccc1N)[C@H](OC(=O)Nc1ccc(C#N)cc1)c1cccc(OCCO)c1. The Kier molecular flexibility index (Phi) is 10.9. The summed E-state index contributed by atoms with van der Waals surface area (Å²) in [6, 6.07) is 22.7. The van der Waals surface area contributed by atoms with Crippen LogP contribution >= 0.6 is 0 Å². The Hall–Kier alpha value is -4.81. The first-order valence-electron chi connectivity index (χ1n) is 12.5. The molecule has 3 aromatic carbocycles. The largest absolute Gasteiger partial charge is 0.491 e. The molecule has 0 aliphatic heterocycles. The Morgan fingerprint density at radius 1 is 1.08 bits per heavy atom. The van der Waals surface area contributed by atoms with E-state index in [0.29, 0.717) is 41.2 Å². The standard InChI is InChI=1S/C30H32N4O5/c1-21(7-2-5-12-28(36)34-27-11-4-3-10-26(27)32)29(23-8-6-9-25(19-23)38-18-17-35)39-30(37)33-24-15-13-22(20-31)14-16-24/h3-6,8-16,19,21,29,35H,2,7,17-18,32H2,1H3,(H,33,37)(H,34,36)/b12-5+/t21-,29-/m0/s1. The molecule has 202 valence electrons. The van der Waals surface area contributed by atoms with Gasteiger partial charge in [-0.3, -0.25) is 10.1 Å². The summed E-state index contributed by atoms with van der Waals surface area (Å²) in [6.45, 7) is 1.98. The van der Waals surface area contributed by atoms with Crippen LogP contribution in [0.5, 0.6) is 5.75 Å². The van der Waals surface area contributed by atoms with Crippen LogP contribution in [0.1, 0.15) is 37.0 Å². The Bertz CT molecular complexity index is 1320. The molecule has 0 unspecified atom stereocenters. The first-order valence-corrected chi connectivity index (χ1v) is 12.5. The topological polar surface area (TPSA) is 147 Å². The highest BCUT2D eigenvalue weighted by molar-refractivity contribution is 6.01. The Balaban J connectivity index is 1.66. The van der Waals surface area contributed by atoms with Crippen molar-refractivity contribution in [1.82, 2.24) is 0 Å². The number of ether oxygens (including phenoxy) is 2. The van der Waals surface area contributed by atoms with Crippen molar-refractivity contribution in [2.75, 3.05) is 29.6 Å². The summed E-state index contributed by atoms with van der Waals surface area (Å²) in [7, 11) is 0. The number of anilines is 3. The van der Waals surface area contributed by atoms with Crippen LogP contribution in [0.2, 0.25) is 0 Å². The average Bonchev–Trinajstić information content (AvgIpc) is 2.94. The van der Waals surface area contributed by atoms with Gasteiger partial charge >= 0.3 is 6.09 Å². The van der Waals surface area contributed by atoms with Gasteiger partial charge < -0.3 is 25.6 Å². The van der Waals surface area contributed by atoms with Crippen LogP contribution < -0.4 is 21.1 Å². The molecule has 0 fully saturated rings. The van der Waals surface area contributed by atoms with Gasteiger partial charge in [0.2, 0.25) is 5.91 Å². The van der Waals surface area contributed by atoms with Gasteiger partial charge in [-0.2, -0.15) is 5.26 Å². The van der Waals surface area contributed by atoms with E-state index in [2.05, 4.69) is 10.6 Å². The molecule has 0 spiro atoms. The number of carbonyl (C=O) groups excluding carboxylic acids is 2. The van der Waals surface area contributed by atoms with Crippen LogP contribution in [-0.4, -0.2) is 30.3 Å². The molecule has 39 heavy (non-hydrogen) atoms. The number of benzene rings is 3. The molecule has 9 nitrogen and oxygen atoms in total. The second kappa shape index (κ2) is 14.8. The second-order valence-electron chi connectivity index (χ2n) is 8.82. The molecule has 0 heterocycles. The Labute approximate surface area is 227 Å². The lowest BCUT2D eigenvalue weighted by Gasteiger charge is -2.25. The minimum atomic E-state index is -0.645. The fraction of sp³-hybridized carbons (Fsp3) is 0.233. The number of nitrogen functional groups attached to an aromatic ring is 1. The maximum Gasteiger partial charge on any atom is 0.412 e. The summed E-state index contributed by atoms with van der Waals surface area (Å²) >= 11 is 0. The number of nitrogens with two attached hydrogens (primary N) is 1. The van der Waals surface area contributed by atoms with Gasteiger partial charge in [0.15, 0.2) is 0 Å². The van der Waals surface area contributed by atoms with Crippen molar-refractivity contribution >= 4 is 29.1 Å². The lowest BCUT2D eigenvalue weighted by atomic mass is 9.93. The van der Waals surface area contributed by atoms with E-state index in [-0.39, 0.29) is 25.0 Å². The molecule has 0 aliphatic carbocycles. The molecule has 0 aromatic heterocycles. The molecule has 3 aromatic rings. The zero-order valence-corrected chi connectivity index (χ0v) is 21.7. The Morgan fingerprint density at radius 2 is 1.85 bits per heavy atom. The van der Waals surface area contributed by atoms with Gasteiger partial charge in [-0.25, -0.2) is 4.79 Å². The lowest BCUT2D eigenvalue weighted by molar-refractivity contribution is -0.111. The van der Waals surface area contributed by atoms with Gasteiger partial charge in [0.25, 0.3) is 0 Å². The van der Waals surface area contributed by atoms with Crippen molar-refractivity contribution in [2.24, 2.45) is 5.92 Å². The molecule has 0 bridgehead atoms. The van der Waals surface area contributed by atoms with Crippen molar-refractivity contribution in [2.45, 2.75) is 25.9 Å². The van der Waals surface area contributed by atoms with Gasteiger partial charge in [-0.1, -0.05) is 37.3 Å². The number of allylic oxidation sites excluding steroid dienone is 1. The van der Waals surface area contributed by atoms with Crippen LogP contribution in [0, 0.1) is 17.2 Å². The number of nitrogens with one attached hydrogen (secondary N) is 2. The number of hydrogen-bond donors (Lipinski definition) is 4. The highest BCUT2D eigenvalue weighted by atomic mass is 16.6. The molecule has 0 radical (unpaired) electrons. The molecule has 0 aliphatic rings. The van der Waals surface area contributed by atoms with E-state index in [1.54, 1.807) is 72.8 Å². The summed E-state index contributed by atoms with van der Waals surface area (Å²) in [5.41, 5.74) is 8.61. The first kappa shape index (κ1) is 28.8. The first-order chi connectivity index (χ1) is 18.9. The Morgan fingerprint density at radius 3 is 2.56 bits per heavy atom. The molecule has 3 rings (SSSR count). The second-order valence-corrected chi connectivity index (χ2v) is 8.82. The smallest absolute Gasteiger partial charge is 0.412 e. The van der Waals surface area contributed by atoms with Crippen molar-refractivity contribution in [3.63, 3.8) is 0 Å². The van der Waals surface area contributed by atoms with Crippen molar-refractivity contribution in [3.8, 4) is 11.8 Å². The predicted molar refractivity (Wildman–Crippen MR) is 150 cm³/mol. The number of amides is 2. The number of hydrogen-bond acceptors (Lipinski definition) is 7. The van der Waals surface area contributed by atoms with Gasteiger partial charge in [-0.15, -0.1) is 0 Å².